The van der Waals surface area contributed by atoms with Gasteiger partial charge in [0.1, 0.15) is 17.0 Å². The van der Waals surface area contributed by atoms with Crippen LogP contribution in [0.5, 0.6) is 0 Å². The van der Waals surface area contributed by atoms with E-state index in [4.69, 9.17) is 0 Å². The average molecular weight is 462 g/mol. The van der Waals surface area contributed by atoms with Crippen molar-refractivity contribution in [1.82, 2.24) is 18.8 Å². The SMILES string of the molecule is CC(C)N1C(=O)c2ccc(C(=O)Nc3ccc(-n4cnc5ccccc54)nc3)cc2S1(=O)=O. The Morgan fingerprint density at radius 2 is 1.82 bits per heavy atom. The largest absolute Gasteiger partial charge is 0.321 e. The number of nitrogens with one attached hydrogen (secondary N) is 1. The molecule has 5 rings (SSSR count). The minimum Gasteiger partial charge on any atom is -0.321 e. The summed E-state index contributed by atoms with van der Waals surface area (Å²) in [6, 6.07) is 14.6. The quantitative estimate of drug-likeness (QED) is 0.499. The number of amides is 2. The van der Waals surface area contributed by atoms with Crippen LogP contribution in [0.15, 0.2) is 72.0 Å². The predicted molar refractivity (Wildman–Crippen MR) is 122 cm³/mol. The third-order valence-corrected chi connectivity index (χ3v) is 7.39. The molecule has 0 saturated heterocycles. The second-order valence-electron chi connectivity index (χ2n) is 7.87. The monoisotopic (exact) mass is 461 g/mol. The molecule has 0 saturated carbocycles. The van der Waals surface area contributed by atoms with Crippen LogP contribution in [0.3, 0.4) is 0 Å². The Kier molecular flexibility index (Phi) is 4.75. The molecule has 3 heterocycles. The van der Waals surface area contributed by atoms with Gasteiger partial charge in [-0.05, 0) is 56.3 Å². The number of carbonyl (C=O) groups excluding carboxylic acids is 2. The summed E-state index contributed by atoms with van der Waals surface area (Å²) >= 11 is 0. The van der Waals surface area contributed by atoms with Crippen LogP contribution in [-0.2, 0) is 10.0 Å². The van der Waals surface area contributed by atoms with Gasteiger partial charge in [-0.25, -0.2) is 22.7 Å². The van der Waals surface area contributed by atoms with Gasteiger partial charge in [0.15, 0.2) is 0 Å². The first-order valence-corrected chi connectivity index (χ1v) is 11.6. The number of pyridine rings is 1. The fourth-order valence-electron chi connectivity index (χ4n) is 3.85. The fraction of sp³-hybridized carbons (Fsp3) is 0.130. The molecule has 1 aliphatic heterocycles. The first-order chi connectivity index (χ1) is 15.8. The van der Waals surface area contributed by atoms with Gasteiger partial charge >= 0.3 is 0 Å². The van der Waals surface area contributed by atoms with Crippen molar-refractivity contribution in [2.75, 3.05) is 5.32 Å². The topological polar surface area (TPSA) is 114 Å². The standard InChI is InChI=1S/C23H19N5O4S/c1-14(2)28-23(30)17-9-7-15(11-20(17)33(28,31)32)22(29)26-16-8-10-21(24-12-16)27-13-25-18-5-3-4-6-19(18)27/h3-14H,1-2H3,(H,26,29). The average Bonchev–Trinajstić information content (AvgIpc) is 3.31. The number of aromatic nitrogens is 3. The summed E-state index contributed by atoms with van der Waals surface area (Å²) in [6.07, 6.45) is 3.19. The zero-order chi connectivity index (χ0) is 23.3. The minimum absolute atomic E-state index is 0.0684. The Hall–Kier alpha value is -4.05. The molecule has 4 aromatic rings. The van der Waals surface area contributed by atoms with E-state index in [2.05, 4.69) is 15.3 Å². The normalized spacial score (nSPS) is 14.6. The maximum atomic E-state index is 12.8. The number of rotatable bonds is 4. The number of hydrogen-bond acceptors (Lipinski definition) is 6. The summed E-state index contributed by atoms with van der Waals surface area (Å²) in [4.78, 5) is 33.8. The van der Waals surface area contributed by atoms with E-state index in [1.54, 1.807) is 32.3 Å². The van der Waals surface area contributed by atoms with Crippen molar-refractivity contribution in [2.24, 2.45) is 0 Å². The van der Waals surface area contributed by atoms with E-state index >= 15 is 0 Å². The molecule has 0 aliphatic carbocycles. The Morgan fingerprint density at radius 1 is 1.03 bits per heavy atom. The maximum Gasteiger partial charge on any atom is 0.269 e. The molecule has 9 nitrogen and oxygen atoms in total. The second kappa shape index (κ2) is 7.52. The zero-order valence-corrected chi connectivity index (χ0v) is 18.6. The summed E-state index contributed by atoms with van der Waals surface area (Å²) in [5.41, 5.74) is 2.39. The highest BCUT2D eigenvalue weighted by molar-refractivity contribution is 7.90. The maximum absolute atomic E-state index is 12.8. The molecular formula is C23H19N5O4S. The highest BCUT2D eigenvalue weighted by Gasteiger charge is 2.42. The van der Waals surface area contributed by atoms with Crippen molar-refractivity contribution in [2.45, 2.75) is 24.8 Å². The third kappa shape index (κ3) is 3.35. The molecule has 2 aromatic heterocycles. The lowest BCUT2D eigenvalue weighted by Gasteiger charge is -2.18. The summed E-state index contributed by atoms with van der Waals surface area (Å²) < 4.78 is 28.2. The Labute approximate surface area is 189 Å². The molecule has 33 heavy (non-hydrogen) atoms. The molecule has 166 valence electrons. The molecule has 10 heteroatoms. The number of para-hydroxylation sites is 2. The Bertz CT molecular complexity index is 1520. The number of hydrogen-bond donors (Lipinski definition) is 1. The first-order valence-electron chi connectivity index (χ1n) is 10.2. The van der Waals surface area contributed by atoms with E-state index in [-0.39, 0.29) is 16.0 Å². The Balaban J connectivity index is 1.39. The van der Waals surface area contributed by atoms with E-state index < -0.39 is 27.9 Å². The molecule has 0 spiro atoms. The van der Waals surface area contributed by atoms with Gasteiger partial charge in [-0.15, -0.1) is 0 Å². The van der Waals surface area contributed by atoms with Crippen LogP contribution in [0, 0.1) is 0 Å². The van der Waals surface area contributed by atoms with Gasteiger partial charge < -0.3 is 5.32 Å². The summed E-state index contributed by atoms with van der Waals surface area (Å²) in [5, 5.41) is 2.71. The van der Waals surface area contributed by atoms with Gasteiger partial charge in [0, 0.05) is 11.6 Å². The summed E-state index contributed by atoms with van der Waals surface area (Å²) in [7, 11) is -3.99. The fourth-order valence-corrected chi connectivity index (χ4v) is 5.64. The van der Waals surface area contributed by atoms with E-state index in [9.17, 15) is 18.0 Å². The van der Waals surface area contributed by atoms with Crippen molar-refractivity contribution in [1.29, 1.82) is 0 Å². The van der Waals surface area contributed by atoms with Gasteiger partial charge in [0.25, 0.3) is 21.8 Å². The molecule has 0 unspecified atom stereocenters. The highest BCUT2D eigenvalue weighted by atomic mass is 32.2. The molecule has 2 amide bonds. The Morgan fingerprint density at radius 3 is 2.55 bits per heavy atom. The highest BCUT2D eigenvalue weighted by Crippen LogP contribution is 2.32. The second-order valence-corrected chi connectivity index (χ2v) is 9.66. The van der Waals surface area contributed by atoms with Crippen molar-refractivity contribution >= 4 is 38.6 Å². The van der Waals surface area contributed by atoms with E-state index in [0.717, 1.165) is 15.3 Å². The van der Waals surface area contributed by atoms with Crippen LogP contribution in [0.25, 0.3) is 16.9 Å². The lowest BCUT2D eigenvalue weighted by atomic mass is 10.1. The smallest absolute Gasteiger partial charge is 0.269 e. The van der Waals surface area contributed by atoms with E-state index in [1.165, 1.54) is 24.4 Å². The van der Waals surface area contributed by atoms with Crippen LogP contribution < -0.4 is 5.32 Å². The molecule has 1 aliphatic rings. The van der Waals surface area contributed by atoms with Crippen LogP contribution in [-0.4, -0.2) is 45.1 Å². The van der Waals surface area contributed by atoms with Gasteiger partial charge in [-0.2, -0.15) is 0 Å². The molecule has 1 N–H and O–H groups in total. The minimum atomic E-state index is -3.99. The van der Waals surface area contributed by atoms with Crippen LogP contribution in [0.1, 0.15) is 34.6 Å². The molecule has 0 fully saturated rings. The molecule has 0 atom stereocenters. The number of fused-ring (bicyclic) bond motifs is 2. The molecular weight excluding hydrogens is 442 g/mol. The number of sulfonamides is 1. The van der Waals surface area contributed by atoms with Gasteiger partial charge in [0.05, 0.1) is 28.5 Å². The van der Waals surface area contributed by atoms with Crippen molar-refractivity contribution < 1.29 is 18.0 Å². The van der Waals surface area contributed by atoms with Gasteiger partial charge in [0.2, 0.25) is 0 Å². The lowest BCUT2D eigenvalue weighted by Crippen LogP contribution is -2.36. The van der Waals surface area contributed by atoms with Crippen LogP contribution in [0.4, 0.5) is 5.69 Å². The summed E-state index contributed by atoms with van der Waals surface area (Å²) in [5.74, 6) is -0.456. The summed E-state index contributed by atoms with van der Waals surface area (Å²) in [6.45, 7) is 3.25. The lowest BCUT2D eigenvalue weighted by molar-refractivity contribution is 0.0846. The third-order valence-electron chi connectivity index (χ3n) is 5.39. The van der Waals surface area contributed by atoms with Crippen LogP contribution >= 0.6 is 0 Å². The predicted octanol–water partition coefficient (Wildman–Crippen LogP) is 3.23. The van der Waals surface area contributed by atoms with Crippen molar-refractivity contribution in [3.8, 4) is 5.82 Å². The van der Waals surface area contributed by atoms with Crippen molar-refractivity contribution in [3.05, 3.63) is 78.2 Å². The zero-order valence-electron chi connectivity index (χ0n) is 17.8. The van der Waals surface area contributed by atoms with Crippen molar-refractivity contribution in [3.63, 3.8) is 0 Å². The first kappa shape index (κ1) is 20.8. The molecule has 0 radical (unpaired) electrons. The molecule has 0 bridgehead atoms. The van der Waals surface area contributed by atoms with E-state index in [1.807, 2.05) is 28.8 Å². The number of imidazole rings is 1. The number of anilines is 1. The van der Waals surface area contributed by atoms with Crippen LogP contribution in [0.2, 0.25) is 0 Å². The van der Waals surface area contributed by atoms with Gasteiger partial charge in [-0.3, -0.25) is 14.2 Å². The van der Waals surface area contributed by atoms with E-state index in [0.29, 0.717) is 11.5 Å². The van der Waals surface area contributed by atoms with Gasteiger partial charge in [-0.1, -0.05) is 12.1 Å². The number of carbonyl (C=O) groups is 2. The number of benzene rings is 2. The molecule has 2 aromatic carbocycles. The number of nitrogens with zero attached hydrogens (tertiary/aromatic N) is 4.